The lowest BCUT2D eigenvalue weighted by Crippen LogP contribution is -2.17. The predicted molar refractivity (Wildman–Crippen MR) is 61.0 cm³/mol. The van der Waals surface area contributed by atoms with Crippen molar-refractivity contribution >= 4 is 5.82 Å². The van der Waals surface area contributed by atoms with E-state index in [0.717, 1.165) is 25.1 Å². The van der Waals surface area contributed by atoms with Gasteiger partial charge in [-0.1, -0.05) is 0 Å². The number of methoxy groups -OCH3 is 1. The number of pyridine rings is 1. The third-order valence-electron chi connectivity index (χ3n) is 2.96. The van der Waals surface area contributed by atoms with E-state index in [1.807, 2.05) is 6.07 Å². The Bertz CT molecular complexity index is 382. The molecule has 2 rings (SSSR count). The molecule has 4 nitrogen and oxygen atoms in total. The Morgan fingerprint density at radius 3 is 2.94 bits per heavy atom. The molecular weight excluding hydrogens is 202 g/mol. The van der Waals surface area contributed by atoms with Crippen LogP contribution in [0.2, 0.25) is 0 Å². The van der Waals surface area contributed by atoms with Crippen molar-refractivity contribution in [1.82, 2.24) is 4.98 Å². The second-order valence-electron chi connectivity index (χ2n) is 4.06. The summed E-state index contributed by atoms with van der Waals surface area (Å²) in [6, 6.07) is 6.11. The first-order valence-electron chi connectivity index (χ1n) is 5.47. The number of aromatic nitrogens is 1. The second kappa shape index (κ2) is 4.95. The molecule has 0 radical (unpaired) electrons. The van der Waals surface area contributed by atoms with Crippen molar-refractivity contribution < 1.29 is 4.74 Å². The summed E-state index contributed by atoms with van der Waals surface area (Å²) >= 11 is 0. The highest BCUT2D eigenvalue weighted by molar-refractivity contribution is 5.39. The lowest BCUT2D eigenvalue weighted by molar-refractivity contribution is 0.108. The van der Waals surface area contributed by atoms with E-state index in [-0.39, 0.29) is 0 Å². The van der Waals surface area contributed by atoms with Crippen LogP contribution in [0.15, 0.2) is 18.3 Å². The maximum absolute atomic E-state index is 8.65. The summed E-state index contributed by atoms with van der Waals surface area (Å²) in [7, 11) is 1.76. The molecule has 1 saturated carbocycles. The van der Waals surface area contributed by atoms with Gasteiger partial charge in [0.2, 0.25) is 0 Å². The molecule has 1 aliphatic rings. The third kappa shape index (κ3) is 2.50. The fourth-order valence-corrected chi connectivity index (χ4v) is 2.04. The van der Waals surface area contributed by atoms with Crippen LogP contribution in [0, 0.1) is 11.3 Å². The van der Waals surface area contributed by atoms with Gasteiger partial charge in [-0.15, -0.1) is 0 Å². The fourth-order valence-electron chi connectivity index (χ4n) is 2.04. The predicted octanol–water partition coefficient (Wildman–Crippen LogP) is 1.93. The normalized spacial score (nSPS) is 24.0. The highest BCUT2D eigenvalue weighted by Crippen LogP contribution is 2.24. The van der Waals surface area contributed by atoms with Gasteiger partial charge in [-0.3, -0.25) is 0 Å². The van der Waals surface area contributed by atoms with E-state index in [9.17, 15) is 0 Å². The largest absolute Gasteiger partial charge is 0.381 e. The Balaban J connectivity index is 1.92. The van der Waals surface area contributed by atoms with Crippen molar-refractivity contribution in [2.24, 2.45) is 0 Å². The maximum atomic E-state index is 8.65. The lowest BCUT2D eigenvalue weighted by atomic mass is 10.2. The fraction of sp³-hybridized carbons (Fsp3) is 0.500. The molecule has 84 valence electrons. The number of nitriles is 1. The van der Waals surface area contributed by atoms with E-state index in [2.05, 4.69) is 16.4 Å². The monoisotopic (exact) mass is 217 g/mol. The number of nitrogens with zero attached hydrogens (tertiary/aromatic N) is 2. The Morgan fingerprint density at radius 2 is 2.38 bits per heavy atom. The zero-order chi connectivity index (χ0) is 11.4. The summed E-state index contributed by atoms with van der Waals surface area (Å²) < 4.78 is 5.31. The van der Waals surface area contributed by atoms with Crippen LogP contribution in [0.1, 0.15) is 24.8 Å². The molecule has 2 atom stereocenters. The molecule has 1 aromatic rings. The van der Waals surface area contributed by atoms with Crippen LogP contribution in [0.5, 0.6) is 0 Å². The number of nitrogens with one attached hydrogen (secondary N) is 1. The van der Waals surface area contributed by atoms with E-state index >= 15 is 0 Å². The van der Waals surface area contributed by atoms with Crippen molar-refractivity contribution in [3.8, 4) is 6.07 Å². The molecule has 4 heteroatoms. The van der Waals surface area contributed by atoms with Gasteiger partial charge in [0.15, 0.2) is 0 Å². The molecule has 0 saturated heterocycles. The Kier molecular flexibility index (Phi) is 3.37. The molecular formula is C12H15N3O. The van der Waals surface area contributed by atoms with Gasteiger partial charge in [0.1, 0.15) is 11.9 Å². The molecule has 1 fully saturated rings. The summed E-state index contributed by atoms with van der Waals surface area (Å²) in [4.78, 5) is 4.19. The number of anilines is 1. The Hall–Kier alpha value is -1.60. The smallest absolute Gasteiger partial charge is 0.126 e. The summed E-state index contributed by atoms with van der Waals surface area (Å²) in [5.74, 6) is 0.834. The van der Waals surface area contributed by atoms with Crippen molar-refractivity contribution in [3.63, 3.8) is 0 Å². The molecule has 0 aliphatic heterocycles. The van der Waals surface area contributed by atoms with Crippen LogP contribution < -0.4 is 5.32 Å². The number of hydrogen-bond acceptors (Lipinski definition) is 4. The van der Waals surface area contributed by atoms with Crippen LogP contribution in [0.3, 0.4) is 0 Å². The lowest BCUT2D eigenvalue weighted by Gasteiger charge is -2.13. The standard InChI is InChI=1S/C12H15N3O/c1-16-11-4-3-10(6-11)15-12-5-2-9(7-13)8-14-12/h2,5,8,10-11H,3-4,6H2,1H3,(H,14,15). The van der Waals surface area contributed by atoms with Crippen LogP contribution in [-0.4, -0.2) is 24.2 Å². The van der Waals surface area contributed by atoms with Crippen LogP contribution >= 0.6 is 0 Å². The minimum Gasteiger partial charge on any atom is -0.381 e. The van der Waals surface area contributed by atoms with Gasteiger partial charge >= 0.3 is 0 Å². The van der Waals surface area contributed by atoms with Gasteiger partial charge in [0.05, 0.1) is 11.7 Å². The number of rotatable bonds is 3. The summed E-state index contributed by atoms with van der Waals surface area (Å²) in [5, 5.41) is 12.0. The van der Waals surface area contributed by atoms with Gasteiger partial charge < -0.3 is 10.1 Å². The van der Waals surface area contributed by atoms with Gasteiger partial charge in [0, 0.05) is 19.3 Å². The van der Waals surface area contributed by atoms with Crippen molar-refractivity contribution in [2.75, 3.05) is 12.4 Å². The minimum atomic E-state index is 0.371. The molecule has 1 aromatic heterocycles. The molecule has 1 heterocycles. The molecule has 0 spiro atoms. The molecule has 2 unspecified atom stereocenters. The van der Waals surface area contributed by atoms with Gasteiger partial charge in [-0.25, -0.2) is 4.98 Å². The highest BCUT2D eigenvalue weighted by Gasteiger charge is 2.24. The van der Waals surface area contributed by atoms with Gasteiger partial charge in [-0.2, -0.15) is 5.26 Å². The number of hydrogen-bond donors (Lipinski definition) is 1. The topological polar surface area (TPSA) is 57.9 Å². The second-order valence-corrected chi connectivity index (χ2v) is 4.06. The van der Waals surface area contributed by atoms with E-state index < -0.39 is 0 Å². The van der Waals surface area contributed by atoms with E-state index in [1.165, 1.54) is 0 Å². The number of ether oxygens (including phenoxy) is 1. The van der Waals surface area contributed by atoms with Gasteiger partial charge in [-0.05, 0) is 31.4 Å². The molecule has 0 amide bonds. The van der Waals surface area contributed by atoms with Crippen molar-refractivity contribution in [2.45, 2.75) is 31.4 Å². The summed E-state index contributed by atoms with van der Waals surface area (Å²) in [6.45, 7) is 0. The summed E-state index contributed by atoms with van der Waals surface area (Å²) in [5.41, 5.74) is 0.590. The zero-order valence-corrected chi connectivity index (χ0v) is 9.31. The zero-order valence-electron chi connectivity index (χ0n) is 9.31. The minimum absolute atomic E-state index is 0.371. The maximum Gasteiger partial charge on any atom is 0.126 e. The average Bonchev–Trinajstić information content (AvgIpc) is 2.78. The third-order valence-corrected chi connectivity index (χ3v) is 2.96. The van der Waals surface area contributed by atoms with E-state index in [1.54, 1.807) is 19.4 Å². The molecule has 0 aromatic carbocycles. The molecule has 16 heavy (non-hydrogen) atoms. The average molecular weight is 217 g/mol. The van der Waals surface area contributed by atoms with Crippen LogP contribution in [0.25, 0.3) is 0 Å². The Labute approximate surface area is 95.3 Å². The van der Waals surface area contributed by atoms with E-state index in [0.29, 0.717) is 17.7 Å². The molecule has 1 N–H and O–H groups in total. The first-order valence-corrected chi connectivity index (χ1v) is 5.47. The molecule has 1 aliphatic carbocycles. The van der Waals surface area contributed by atoms with Crippen LogP contribution in [0.4, 0.5) is 5.82 Å². The van der Waals surface area contributed by atoms with E-state index in [4.69, 9.17) is 10.00 Å². The summed E-state index contributed by atoms with van der Waals surface area (Å²) in [6.07, 6.45) is 5.20. The highest BCUT2D eigenvalue weighted by atomic mass is 16.5. The SMILES string of the molecule is COC1CCC(Nc2ccc(C#N)cn2)C1. The first kappa shape index (κ1) is 10.9. The first-order chi connectivity index (χ1) is 7.81. The Morgan fingerprint density at radius 1 is 1.50 bits per heavy atom. The van der Waals surface area contributed by atoms with Crippen molar-refractivity contribution in [3.05, 3.63) is 23.9 Å². The quantitative estimate of drug-likeness (QED) is 0.840. The van der Waals surface area contributed by atoms with Crippen molar-refractivity contribution in [1.29, 1.82) is 5.26 Å². The van der Waals surface area contributed by atoms with Crippen LogP contribution in [-0.2, 0) is 4.74 Å². The molecule has 0 bridgehead atoms. The van der Waals surface area contributed by atoms with Gasteiger partial charge in [0.25, 0.3) is 0 Å².